The first-order valence-corrected chi connectivity index (χ1v) is 13.7. The summed E-state index contributed by atoms with van der Waals surface area (Å²) in [7, 11) is 0. The second-order valence-electron chi connectivity index (χ2n) is 10.2. The van der Waals surface area contributed by atoms with Crippen molar-refractivity contribution in [2.45, 2.75) is 38.5 Å². The molecule has 1 fully saturated rings. The van der Waals surface area contributed by atoms with E-state index in [2.05, 4.69) is 29.2 Å². The molecule has 1 aliphatic heterocycles. The molecule has 0 amide bonds. The van der Waals surface area contributed by atoms with E-state index < -0.39 is 12.4 Å². The number of carboxylic acid groups (broad SMARTS) is 1. The Balaban J connectivity index is 1.47. The second-order valence-corrected chi connectivity index (χ2v) is 11.1. The fourth-order valence-corrected chi connectivity index (χ4v) is 6.19. The molecule has 0 atom stereocenters. The standard InChI is InChI=1S/C31H29Cl2F2NO2/c32-24-9-11-26(28(33)16-24)27-3-1-2-22-15-23(31(37)38)8-10-25(22)30(27)21-6-4-19(5-7-21)14-20-17-36(18-20)13-12-29(34)35/h4-11,15-16,20,29H,1-3,12-14,17-18H2,(H,37,38). The minimum absolute atomic E-state index is 0.0636. The topological polar surface area (TPSA) is 40.5 Å². The number of rotatable bonds is 8. The lowest BCUT2D eigenvalue weighted by molar-refractivity contribution is 0.0626. The monoisotopic (exact) mass is 555 g/mol. The molecule has 7 heteroatoms. The van der Waals surface area contributed by atoms with Crippen LogP contribution in [0.2, 0.25) is 10.0 Å². The maximum atomic E-state index is 12.5. The molecular weight excluding hydrogens is 527 g/mol. The van der Waals surface area contributed by atoms with E-state index in [1.165, 1.54) is 5.56 Å². The van der Waals surface area contributed by atoms with E-state index in [4.69, 9.17) is 23.2 Å². The molecule has 2 aliphatic rings. The smallest absolute Gasteiger partial charge is 0.335 e. The Labute approximate surface area is 231 Å². The molecule has 198 valence electrons. The van der Waals surface area contributed by atoms with Crippen LogP contribution in [0.1, 0.15) is 57.4 Å². The molecule has 1 heterocycles. The lowest BCUT2D eigenvalue weighted by Crippen LogP contribution is -2.48. The summed E-state index contributed by atoms with van der Waals surface area (Å²) in [6.07, 6.45) is 1.05. The lowest BCUT2D eigenvalue weighted by atomic mass is 9.86. The Morgan fingerprint density at radius 1 is 0.974 bits per heavy atom. The third-order valence-corrected chi connectivity index (χ3v) is 8.06. The summed E-state index contributed by atoms with van der Waals surface area (Å²) in [5.74, 6) is -0.453. The molecule has 0 radical (unpaired) electrons. The highest BCUT2D eigenvalue weighted by Gasteiger charge is 2.27. The van der Waals surface area contributed by atoms with E-state index in [0.29, 0.717) is 22.5 Å². The van der Waals surface area contributed by atoms with Gasteiger partial charge < -0.3 is 10.0 Å². The van der Waals surface area contributed by atoms with Crippen molar-refractivity contribution in [2.75, 3.05) is 19.6 Å². The van der Waals surface area contributed by atoms with Crippen molar-refractivity contribution in [3.63, 3.8) is 0 Å². The molecule has 5 rings (SSSR count). The first-order valence-electron chi connectivity index (χ1n) is 12.9. The first kappa shape index (κ1) is 26.9. The molecular formula is C31H29Cl2F2NO2. The Morgan fingerprint density at radius 2 is 1.71 bits per heavy atom. The van der Waals surface area contributed by atoms with Gasteiger partial charge in [-0.05, 0) is 94.8 Å². The quantitative estimate of drug-likeness (QED) is 0.305. The zero-order chi connectivity index (χ0) is 26.8. The molecule has 0 unspecified atom stereocenters. The van der Waals surface area contributed by atoms with Gasteiger partial charge in [0.25, 0.3) is 0 Å². The van der Waals surface area contributed by atoms with Crippen LogP contribution in [-0.2, 0) is 12.8 Å². The van der Waals surface area contributed by atoms with Crippen LogP contribution in [0.25, 0.3) is 11.1 Å². The van der Waals surface area contributed by atoms with Gasteiger partial charge >= 0.3 is 5.97 Å². The molecule has 0 saturated carbocycles. The highest BCUT2D eigenvalue weighted by atomic mass is 35.5. The van der Waals surface area contributed by atoms with E-state index in [1.54, 1.807) is 18.2 Å². The normalized spacial score (nSPS) is 16.3. The zero-order valence-corrected chi connectivity index (χ0v) is 22.4. The predicted octanol–water partition coefficient (Wildman–Crippen LogP) is 8.12. The third-order valence-electron chi connectivity index (χ3n) is 7.52. The summed E-state index contributed by atoms with van der Waals surface area (Å²) >= 11 is 12.9. The summed E-state index contributed by atoms with van der Waals surface area (Å²) in [5.41, 5.74) is 7.71. The van der Waals surface area contributed by atoms with Gasteiger partial charge in [-0.2, -0.15) is 0 Å². The van der Waals surface area contributed by atoms with E-state index in [0.717, 1.165) is 72.2 Å². The molecule has 1 N–H and O–H groups in total. The Morgan fingerprint density at radius 3 is 2.39 bits per heavy atom. The number of halogens is 4. The van der Waals surface area contributed by atoms with Gasteiger partial charge in [0.2, 0.25) is 6.43 Å². The number of aromatic carboxylic acids is 1. The van der Waals surface area contributed by atoms with Gasteiger partial charge in [-0.25, -0.2) is 13.6 Å². The number of carbonyl (C=O) groups is 1. The summed E-state index contributed by atoms with van der Waals surface area (Å²) < 4.78 is 24.9. The number of allylic oxidation sites excluding steroid dienone is 1. The molecule has 1 aliphatic carbocycles. The number of carboxylic acids is 1. The molecule has 3 aromatic carbocycles. The van der Waals surface area contributed by atoms with Gasteiger partial charge in [0.1, 0.15) is 0 Å². The Hall–Kier alpha value is -2.73. The predicted molar refractivity (Wildman–Crippen MR) is 149 cm³/mol. The van der Waals surface area contributed by atoms with Gasteiger partial charge in [0, 0.05) is 36.1 Å². The number of alkyl halides is 2. The Bertz CT molecular complexity index is 1360. The number of hydrogen-bond acceptors (Lipinski definition) is 2. The zero-order valence-electron chi connectivity index (χ0n) is 20.9. The SMILES string of the molecule is O=C(O)c1ccc2c(c1)CCCC(c1ccc(Cl)cc1Cl)=C2c1ccc(CC2CN(CCC(F)F)C2)cc1. The fraction of sp³-hybridized carbons (Fsp3) is 0.323. The van der Waals surface area contributed by atoms with Crippen LogP contribution in [0.3, 0.4) is 0 Å². The number of fused-ring (bicyclic) bond motifs is 1. The summed E-state index contributed by atoms with van der Waals surface area (Å²) in [5, 5.41) is 10.7. The average Bonchev–Trinajstić information content (AvgIpc) is 3.04. The van der Waals surface area contributed by atoms with Gasteiger partial charge in [0.15, 0.2) is 0 Å². The van der Waals surface area contributed by atoms with Crippen molar-refractivity contribution in [1.82, 2.24) is 4.90 Å². The molecule has 0 aromatic heterocycles. The van der Waals surface area contributed by atoms with Gasteiger partial charge in [0.05, 0.1) is 5.56 Å². The molecule has 3 nitrogen and oxygen atoms in total. The van der Waals surface area contributed by atoms with Crippen molar-refractivity contribution in [3.05, 3.63) is 104 Å². The highest BCUT2D eigenvalue weighted by Crippen LogP contribution is 2.42. The van der Waals surface area contributed by atoms with Crippen LogP contribution in [0.15, 0.2) is 60.7 Å². The number of benzene rings is 3. The van der Waals surface area contributed by atoms with Crippen molar-refractivity contribution in [2.24, 2.45) is 5.92 Å². The van der Waals surface area contributed by atoms with Crippen molar-refractivity contribution in [3.8, 4) is 0 Å². The molecule has 3 aromatic rings. The maximum Gasteiger partial charge on any atom is 0.335 e. The largest absolute Gasteiger partial charge is 0.478 e. The maximum absolute atomic E-state index is 12.5. The minimum Gasteiger partial charge on any atom is -0.478 e. The molecule has 1 saturated heterocycles. The van der Waals surface area contributed by atoms with Crippen LogP contribution in [0.4, 0.5) is 8.78 Å². The summed E-state index contributed by atoms with van der Waals surface area (Å²) in [4.78, 5) is 13.7. The van der Waals surface area contributed by atoms with E-state index in [9.17, 15) is 18.7 Å². The minimum atomic E-state index is -2.24. The van der Waals surface area contributed by atoms with E-state index in [1.807, 2.05) is 18.2 Å². The van der Waals surface area contributed by atoms with Gasteiger partial charge in [-0.3, -0.25) is 0 Å². The Kier molecular flexibility index (Phi) is 8.18. The van der Waals surface area contributed by atoms with E-state index in [-0.39, 0.29) is 12.0 Å². The highest BCUT2D eigenvalue weighted by molar-refractivity contribution is 6.36. The summed E-state index contributed by atoms with van der Waals surface area (Å²) in [6.45, 7) is 2.18. The van der Waals surface area contributed by atoms with Gasteiger partial charge in [-0.15, -0.1) is 0 Å². The average molecular weight is 556 g/mol. The number of aryl methyl sites for hydroxylation is 1. The first-order chi connectivity index (χ1) is 18.3. The van der Waals surface area contributed by atoms with E-state index >= 15 is 0 Å². The number of hydrogen-bond donors (Lipinski definition) is 1. The van der Waals surface area contributed by atoms with Crippen LogP contribution in [-0.4, -0.2) is 42.0 Å². The van der Waals surface area contributed by atoms with Crippen molar-refractivity contribution < 1.29 is 18.7 Å². The van der Waals surface area contributed by atoms with Crippen LogP contribution >= 0.6 is 23.2 Å². The number of nitrogens with zero attached hydrogens (tertiary/aromatic N) is 1. The van der Waals surface area contributed by atoms with Crippen molar-refractivity contribution in [1.29, 1.82) is 0 Å². The van der Waals surface area contributed by atoms with Crippen LogP contribution in [0.5, 0.6) is 0 Å². The number of likely N-dealkylation sites (tertiary alicyclic amines) is 1. The molecule has 38 heavy (non-hydrogen) atoms. The molecule has 0 spiro atoms. The van der Waals surface area contributed by atoms with Gasteiger partial charge in [-0.1, -0.05) is 59.6 Å². The lowest BCUT2D eigenvalue weighted by Gasteiger charge is -2.39. The van der Waals surface area contributed by atoms with Crippen molar-refractivity contribution >= 4 is 40.3 Å². The molecule has 0 bridgehead atoms. The van der Waals surface area contributed by atoms with Crippen LogP contribution < -0.4 is 0 Å². The second kappa shape index (κ2) is 11.6. The van der Waals surface area contributed by atoms with Crippen LogP contribution in [0, 0.1) is 5.92 Å². The fourth-order valence-electron chi connectivity index (χ4n) is 5.66. The third kappa shape index (κ3) is 5.96. The summed E-state index contributed by atoms with van der Waals surface area (Å²) in [6, 6.07) is 19.5.